The Bertz CT molecular complexity index is 325. The average molecular weight is 418 g/mol. The molecule has 0 aliphatic heterocycles. The van der Waals surface area contributed by atoms with Crippen LogP contribution in [0.15, 0.2) is 22.7 Å². The number of benzene rings is 1. The van der Waals surface area contributed by atoms with Gasteiger partial charge in [-0.25, -0.2) is 0 Å². The van der Waals surface area contributed by atoms with Crippen LogP contribution in [0.1, 0.15) is 5.56 Å². The number of carbonyl (C=O) groups is 1. The highest BCUT2D eigenvalue weighted by atomic mass is 127. The van der Waals surface area contributed by atoms with E-state index >= 15 is 0 Å². The van der Waals surface area contributed by atoms with Gasteiger partial charge in [0.1, 0.15) is 5.78 Å². The Balaban J connectivity index is 2.83. The predicted octanol–water partition coefficient (Wildman–Crippen LogP) is 3.56. The standard InChI is InChI=1S/C9H7Br2IO/c10-5-8(13)3-6-1-2-7(12)4-9(6)11/h1-2,4H,3,5H2. The number of hydrogen-bond acceptors (Lipinski definition) is 1. The Morgan fingerprint density at radius 3 is 2.69 bits per heavy atom. The highest BCUT2D eigenvalue weighted by molar-refractivity contribution is 14.1. The van der Waals surface area contributed by atoms with Crippen molar-refractivity contribution in [3.05, 3.63) is 31.8 Å². The van der Waals surface area contributed by atoms with E-state index in [1.165, 1.54) is 3.57 Å². The van der Waals surface area contributed by atoms with E-state index in [1.54, 1.807) is 0 Å². The molecule has 0 aromatic heterocycles. The Labute approximate surface area is 108 Å². The minimum atomic E-state index is 0.196. The molecular weight excluding hydrogens is 411 g/mol. The monoisotopic (exact) mass is 416 g/mol. The van der Waals surface area contributed by atoms with Crippen molar-refractivity contribution in [3.63, 3.8) is 0 Å². The van der Waals surface area contributed by atoms with Gasteiger partial charge in [0.2, 0.25) is 0 Å². The third kappa shape index (κ3) is 3.67. The summed E-state index contributed by atoms with van der Waals surface area (Å²) < 4.78 is 2.17. The van der Waals surface area contributed by atoms with Gasteiger partial charge in [-0.2, -0.15) is 0 Å². The van der Waals surface area contributed by atoms with Gasteiger partial charge in [0.05, 0.1) is 5.33 Å². The van der Waals surface area contributed by atoms with Gasteiger partial charge in [-0.1, -0.05) is 37.9 Å². The molecule has 0 radical (unpaired) electrons. The summed E-state index contributed by atoms with van der Waals surface area (Å²) in [5.74, 6) is 0.196. The lowest BCUT2D eigenvalue weighted by Gasteiger charge is -2.02. The average Bonchev–Trinajstić information content (AvgIpc) is 2.09. The van der Waals surface area contributed by atoms with E-state index in [0.29, 0.717) is 11.8 Å². The summed E-state index contributed by atoms with van der Waals surface area (Å²) in [5, 5.41) is 0.422. The van der Waals surface area contributed by atoms with Crippen LogP contribution in [0.25, 0.3) is 0 Å². The lowest BCUT2D eigenvalue weighted by atomic mass is 10.1. The highest BCUT2D eigenvalue weighted by Gasteiger charge is 2.05. The van der Waals surface area contributed by atoms with Gasteiger partial charge in [-0.3, -0.25) is 4.79 Å². The summed E-state index contributed by atoms with van der Waals surface area (Å²) in [7, 11) is 0. The van der Waals surface area contributed by atoms with Crippen molar-refractivity contribution in [3.8, 4) is 0 Å². The zero-order valence-electron chi connectivity index (χ0n) is 6.69. The molecule has 0 saturated heterocycles. The first-order chi connectivity index (χ1) is 6.13. The maximum absolute atomic E-state index is 11.1. The zero-order chi connectivity index (χ0) is 9.84. The van der Waals surface area contributed by atoms with Crippen molar-refractivity contribution >= 4 is 60.2 Å². The van der Waals surface area contributed by atoms with E-state index in [2.05, 4.69) is 54.5 Å². The Morgan fingerprint density at radius 2 is 2.15 bits per heavy atom. The van der Waals surface area contributed by atoms with Crippen molar-refractivity contribution in [2.75, 3.05) is 5.33 Å². The molecule has 1 aromatic rings. The van der Waals surface area contributed by atoms with E-state index in [-0.39, 0.29) is 5.78 Å². The summed E-state index contributed by atoms with van der Waals surface area (Å²) in [6.45, 7) is 0. The number of Topliss-reactive ketones (excluding diaryl/α,β-unsaturated/α-hetero) is 1. The lowest BCUT2D eigenvalue weighted by molar-refractivity contribution is -0.115. The van der Waals surface area contributed by atoms with Crippen molar-refractivity contribution in [2.24, 2.45) is 0 Å². The van der Waals surface area contributed by atoms with E-state index < -0.39 is 0 Å². The van der Waals surface area contributed by atoms with Crippen LogP contribution in [0.2, 0.25) is 0 Å². The van der Waals surface area contributed by atoms with Gasteiger partial charge in [-0.05, 0) is 40.3 Å². The fourth-order valence-electron chi connectivity index (χ4n) is 0.925. The van der Waals surface area contributed by atoms with Gasteiger partial charge >= 0.3 is 0 Å². The largest absolute Gasteiger partial charge is 0.298 e. The molecule has 1 nitrogen and oxygen atoms in total. The molecule has 0 atom stereocenters. The zero-order valence-corrected chi connectivity index (χ0v) is 12.0. The minimum absolute atomic E-state index is 0.196. The van der Waals surface area contributed by atoms with Crippen LogP contribution in [0.5, 0.6) is 0 Å². The molecule has 1 rings (SSSR count). The summed E-state index contributed by atoms with van der Waals surface area (Å²) >= 11 is 8.82. The quantitative estimate of drug-likeness (QED) is 0.543. The first-order valence-electron chi connectivity index (χ1n) is 3.65. The summed E-state index contributed by atoms with van der Waals surface area (Å²) in [4.78, 5) is 11.1. The molecule has 13 heavy (non-hydrogen) atoms. The topological polar surface area (TPSA) is 17.1 Å². The SMILES string of the molecule is O=C(CBr)Cc1ccc(I)cc1Br. The molecule has 0 saturated carbocycles. The van der Waals surface area contributed by atoms with Crippen LogP contribution < -0.4 is 0 Å². The van der Waals surface area contributed by atoms with Crippen molar-refractivity contribution < 1.29 is 4.79 Å². The van der Waals surface area contributed by atoms with Crippen molar-refractivity contribution in [1.29, 1.82) is 0 Å². The Morgan fingerprint density at radius 1 is 1.46 bits per heavy atom. The minimum Gasteiger partial charge on any atom is -0.298 e. The number of halogens is 3. The van der Waals surface area contributed by atoms with Crippen molar-refractivity contribution in [2.45, 2.75) is 6.42 Å². The maximum atomic E-state index is 11.1. The maximum Gasteiger partial charge on any atom is 0.147 e. The third-order valence-electron chi connectivity index (χ3n) is 1.55. The van der Waals surface area contributed by atoms with E-state index in [4.69, 9.17) is 0 Å². The Kier molecular flexibility index (Phi) is 4.89. The van der Waals surface area contributed by atoms with Crippen LogP contribution in [0.3, 0.4) is 0 Å². The molecule has 0 heterocycles. The molecule has 0 spiro atoms. The molecule has 70 valence electrons. The van der Waals surface area contributed by atoms with Gasteiger partial charge in [0.15, 0.2) is 0 Å². The molecule has 0 unspecified atom stereocenters. The fraction of sp³-hybridized carbons (Fsp3) is 0.222. The number of hydrogen-bond donors (Lipinski definition) is 0. The number of ketones is 1. The molecular formula is C9H7Br2IO. The molecule has 0 amide bonds. The van der Waals surface area contributed by atoms with E-state index in [9.17, 15) is 4.79 Å². The fourth-order valence-corrected chi connectivity index (χ4v) is 2.56. The first kappa shape index (κ1) is 11.7. The number of carbonyl (C=O) groups excluding carboxylic acids is 1. The van der Waals surface area contributed by atoms with Crippen molar-refractivity contribution in [1.82, 2.24) is 0 Å². The van der Waals surface area contributed by atoms with Crippen LogP contribution in [0, 0.1) is 3.57 Å². The van der Waals surface area contributed by atoms with Crippen LogP contribution in [0.4, 0.5) is 0 Å². The second kappa shape index (κ2) is 5.46. The van der Waals surface area contributed by atoms with Crippen LogP contribution in [-0.4, -0.2) is 11.1 Å². The van der Waals surface area contributed by atoms with E-state index in [1.807, 2.05) is 18.2 Å². The molecule has 1 aromatic carbocycles. The molecule has 0 aliphatic carbocycles. The van der Waals surface area contributed by atoms with E-state index in [0.717, 1.165) is 10.0 Å². The van der Waals surface area contributed by atoms with Gasteiger partial charge in [-0.15, -0.1) is 0 Å². The summed E-state index contributed by atoms with van der Waals surface area (Å²) in [6, 6.07) is 5.99. The number of rotatable bonds is 3. The van der Waals surface area contributed by atoms with Crippen LogP contribution >= 0.6 is 54.5 Å². The second-order valence-corrected chi connectivity index (χ2v) is 5.25. The smallest absolute Gasteiger partial charge is 0.147 e. The lowest BCUT2D eigenvalue weighted by Crippen LogP contribution is -2.03. The first-order valence-corrected chi connectivity index (χ1v) is 6.64. The highest BCUT2D eigenvalue weighted by Crippen LogP contribution is 2.20. The Hall–Kier alpha value is 0.580. The number of alkyl halides is 1. The van der Waals surface area contributed by atoms with Gasteiger partial charge < -0.3 is 0 Å². The summed E-state index contributed by atoms with van der Waals surface area (Å²) in [6.07, 6.45) is 0.489. The molecule has 0 N–H and O–H groups in total. The predicted molar refractivity (Wildman–Crippen MR) is 69.4 cm³/mol. The molecule has 0 bridgehead atoms. The molecule has 0 fully saturated rings. The third-order valence-corrected chi connectivity index (χ3v) is 3.59. The summed E-state index contributed by atoms with van der Waals surface area (Å²) in [5.41, 5.74) is 1.05. The molecule has 4 heteroatoms. The van der Waals surface area contributed by atoms with Crippen LogP contribution in [-0.2, 0) is 11.2 Å². The van der Waals surface area contributed by atoms with Gasteiger partial charge in [0.25, 0.3) is 0 Å². The van der Waals surface area contributed by atoms with Gasteiger partial charge in [0, 0.05) is 14.5 Å². The molecule has 0 aliphatic rings. The second-order valence-electron chi connectivity index (χ2n) is 2.58. The normalized spacial score (nSPS) is 10.1.